The monoisotopic (exact) mass is 148 g/mol. The average molecular weight is 148 g/mol. The van der Waals surface area contributed by atoms with Gasteiger partial charge in [-0.25, -0.2) is 0 Å². The van der Waals surface area contributed by atoms with Gasteiger partial charge in [-0.05, 0) is 32.1 Å². The molecule has 1 rings (SSSR count). The Kier molecular flexibility index (Phi) is 3.12. The van der Waals surface area contributed by atoms with Crippen molar-refractivity contribution in [1.29, 1.82) is 0 Å². The predicted octanol–water partition coefficient (Wildman–Crippen LogP) is 1.59. The van der Waals surface area contributed by atoms with Crippen molar-refractivity contribution in [2.45, 2.75) is 6.42 Å². The largest absolute Gasteiger partial charge is 0.309 e. The molecule has 59 valence electrons. The van der Waals surface area contributed by atoms with E-state index in [1.54, 1.807) is 0 Å². The van der Waals surface area contributed by atoms with Crippen molar-refractivity contribution >= 4 is 0 Å². The maximum Gasteiger partial charge on any atom is 0.00159 e. The molecule has 0 saturated carbocycles. The Hall–Kier alpha value is -0.820. The summed E-state index contributed by atoms with van der Waals surface area (Å²) < 4.78 is 0. The molecule has 0 fully saturated rings. The van der Waals surface area contributed by atoms with E-state index in [0.29, 0.717) is 0 Å². The van der Waals surface area contributed by atoms with Crippen LogP contribution in [0.1, 0.15) is 5.56 Å². The SMILES string of the molecule is CN(C)CCc1[c]cccc1. The summed E-state index contributed by atoms with van der Waals surface area (Å²) in [7, 11) is 4.17. The van der Waals surface area contributed by atoms with Crippen LogP contribution in [0.4, 0.5) is 0 Å². The zero-order valence-corrected chi connectivity index (χ0v) is 7.17. The molecule has 1 aromatic rings. The molecular weight excluding hydrogens is 134 g/mol. The molecule has 0 atom stereocenters. The number of nitrogens with zero attached hydrogens (tertiary/aromatic N) is 1. The molecule has 1 heteroatoms. The van der Waals surface area contributed by atoms with Crippen molar-refractivity contribution in [1.82, 2.24) is 4.90 Å². The molecule has 0 N–H and O–H groups in total. The first-order chi connectivity index (χ1) is 5.29. The second kappa shape index (κ2) is 4.14. The van der Waals surface area contributed by atoms with Gasteiger partial charge in [-0.15, -0.1) is 0 Å². The van der Waals surface area contributed by atoms with Crippen molar-refractivity contribution < 1.29 is 0 Å². The third-order valence-electron chi connectivity index (χ3n) is 1.60. The zero-order valence-electron chi connectivity index (χ0n) is 7.17. The smallest absolute Gasteiger partial charge is 0.00159 e. The van der Waals surface area contributed by atoms with Crippen LogP contribution < -0.4 is 0 Å². The van der Waals surface area contributed by atoms with Crippen LogP contribution in [0.2, 0.25) is 0 Å². The average Bonchev–Trinajstić information content (AvgIpc) is 2.03. The van der Waals surface area contributed by atoms with Crippen LogP contribution in [0.5, 0.6) is 0 Å². The summed E-state index contributed by atoms with van der Waals surface area (Å²) in [5, 5.41) is 0. The molecule has 0 aliphatic carbocycles. The van der Waals surface area contributed by atoms with E-state index >= 15 is 0 Å². The summed E-state index contributed by atoms with van der Waals surface area (Å²) in [5.41, 5.74) is 1.29. The molecule has 0 spiro atoms. The Bertz CT molecular complexity index is 191. The van der Waals surface area contributed by atoms with Gasteiger partial charge in [0.1, 0.15) is 0 Å². The van der Waals surface area contributed by atoms with E-state index in [1.165, 1.54) is 5.56 Å². The van der Waals surface area contributed by atoms with Crippen molar-refractivity contribution in [3.05, 3.63) is 35.9 Å². The minimum atomic E-state index is 1.09. The van der Waals surface area contributed by atoms with Gasteiger partial charge < -0.3 is 4.90 Å². The molecule has 1 aromatic carbocycles. The number of likely N-dealkylation sites (N-methyl/N-ethyl adjacent to an activating group) is 1. The normalized spacial score (nSPS) is 10.5. The first-order valence-corrected chi connectivity index (χ1v) is 3.89. The van der Waals surface area contributed by atoms with Gasteiger partial charge in [0.2, 0.25) is 0 Å². The first-order valence-electron chi connectivity index (χ1n) is 3.89. The van der Waals surface area contributed by atoms with Gasteiger partial charge in [-0.3, -0.25) is 0 Å². The van der Waals surface area contributed by atoms with E-state index < -0.39 is 0 Å². The molecule has 0 unspecified atom stereocenters. The van der Waals surface area contributed by atoms with Crippen LogP contribution in [0.15, 0.2) is 24.3 Å². The fourth-order valence-corrected chi connectivity index (χ4v) is 0.930. The molecule has 0 aromatic heterocycles. The Morgan fingerprint density at radius 1 is 1.36 bits per heavy atom. The Balaban J connectivity index is 2.39. The van der Waals surface area contributed by atoms with Gasteiger partial charge in [-0.1, -0.05) is 24.3 Å². The van der Waals surface area contributed by atoms with E-state index in [2.05, 4.69) is 37.2 Å². The standard InChI is InChI=1S/C10H14N/c1-11(2)9-8-10-6-4-3-5-7-10/h3-6H,8-9H2,1-2H3. The highest BCUT2D eigenvalue weighted by Crippen LogP contribution is 1.98. The lowest BCUT2D eigenvalue weighted by Gasteiger charge is -2.08. The fourth-order valence-electron chi connectivity index (χ4n) is 0.930. The Labute approximate surface area is 68.7 Å². The van der Waals surface area contributed by atoms with E-state index in [1.807, 2.05) is 12.1 Å². The molecule has 1 radical (unpaired) electrons. The molecule has 0 saturated heterocycles. The van der Waals surface area contributed by atoms with Gasteiger partial charge in [0, 0.05) is 6.54 Å². The number of hydrogen-bond donors (Lipinski definition) is 0. The maximum absolute atomic E-state index is 3.20. The van der Waals surface area contributed by atoms with Crippen LogP contribution in [0, 0.1) is 6.07 Å². The maximum atomic E-state index is 3.20. The minimum Gasteiger partial charge on any atom is -0.309 e. The van der Waals surface area contributed by atoms with Gasteiger partial charge in [0.05, 0.1) is 0 Å². The van der Waals surface area contributed by atoms with E-state index in [-0.39, 0.29) is 0 Å². The van der Waals surface area contributed by atoms with Crippen LogP contribution in [0.25, 0.3) is 0 Å². The summed E-state index contributed by atoms with van der Waals surface area (Å²) >= 11 is 0. The van der Waals surface area contributed by atoms with Gasteiger partial charge in [0.25, 0.3) is 0 Å². The minimum absolute atomic E-state index is 1.09. The van der Waals surface area contributed by atoms with Gasteiger partial charge in [-0.2, -0.15) is 0 Å². The molecule has 0 aliphatic heterocycles. The van der Waals surface area contributed by atoms with E-state index in [0.717, 1.165) is 13.0 Å². The number of rotatable bonds is 3. The summed E-state index contributed by atoms with van der Waals surface area (Å²) in [5.74, 6) is 0. The lowest BCUT2D eigenvalue weighted by atomic mass is 10.1. The van der Waals surface area contributed by atoms with Crippen LogP contribution in [0.3, 0.4) is 0 Å². The van der Waals surface area contributed by atoms with E-state index in [9.17, 15) is 0 Å². The van der Waals surface area contributed by atoms with Crippen LogP contribution in [-0.2, 0) is 6.42 Å². The number of hydrogen-bond acceptors (Lipinski definition) is 1. The molecule has 1 nitrogen and oxygen atoms in total. The summed E-state index contributed by atoms with van der Waals surface area (Å²) in [6.07, 6.45) is 1.09. The van der Waals surface area contributed by atoms with Crippen LogP contribution >= 0.6 is 0 Å². The highest BCUT2D eigenvalue weighted by atomic mass is 15.0. The quantitative estimate of drug-likeness (QED) is 0.629. The lowest BCUT2D eigenvalue weighted by molar-refractivity contribution is 0.413. The van der Waals surface area contributed by atoms with Crippen molar-refractivity contribution in [2.75, 3.05) is 20.6 Å². The lowest BCUT2D eigenvalue weighted by Crippen LogP contribution is -2.14. The molecule has 0 amide bonds. The van der Waals surface area contributed by atoms with Crippen LogP contribution in [-0.4, -0.2) is 25.5 Å². The van der Waals surface area contributed by atoms with Crippen molar-refractivity contribution in [3.63, 3.8) is 0 Å². The topological polar surface area (TPSA) is 3.24 Å². The van der Waals surface area contributed by atoms with Gasteiger partial charge in [0.15, 0.2) is 0 Å². The second-order valence-electron chi connectivity index (χ2n) is 2.94. The molecular formula is C10H14N. The Morgan fingerprint density at radius 3 is 2.73 bits per heavy atom. The Morgan fingerprint density at radius 2 is 2.18 bits per heavy atom. The second-order valence-corrected chi connectivity index (χ2v) is 2.94. The van der Waals surface area contributed by atoms with Crippen molar-refractivity contribution in [2.24, 2.45) is 0 Å². The summed E-state index contributed by atoms with van der Waals surface area (Å²) in [6.45, 7) is 1.10. The fraction of sp³-hybridized carbons (Fsp3) is 0.400. The molecule has 0 heterocycles. The first kappa shape index (κ1) is 8.28. The number of benzene rings is 1. The molecule has 0 aliphatic rings. The predicted molar refractivity (Wildman–Crippen MR) is 47.5 cm³/mol. The van der Waals surface area contributed by atoms with Gasteiger partial charge >= 0.3 is 0 Å². The summed E-state index contributed by atoms with van der Waals surface area (Å²) in [6, 6.07) is 11.3. The van der Waals surface area contributed by atoms with Crippen molar-refractivity contribution in [3.8, 4) is 0 Å². The molecule has 0 bridgehead atoms. The zero-order chi connectivity index (χ0) is 8.10. The van der Waals surface area contributed by atoms with E-state index in [4.69, 9.17) is 0 Å². The third kappa shape index (κ3) is 3.19. The highest BCUT2D eigenvalue weighted by molar-refractivity contribution is 5.13. The summed E-state index contributed by atoms with van der Waals surface area (Å²) in [4.78, 5) is 2.18. The molecule has 11 heavy (non-hydrogen) atoms. The third-order valence-corrected chi connectivity index (χ3v) is 1.60. The highest BCUT2D eigenvalue weighted by Gasteiger charge is 1.92.